The summed E-state index contributed by atoms with van der Waals surface area (Å²) in [6, 6.07) is 3.73. The van der Waals surface area contributed by atoms with Crippen molar-refractivity contribution in [1.82, 2.24) is 9.55 Å². The third-order valence-electron chi connectivity index (χ3n) is 3.61. The van der Waals surface area contributed by atoms with Crippen molar-refractivity contribution in [1.29, 1.82) is 0 Å². The number of halogens is 3. The molecule has 1 saturated heterocycles. The first-order chi connectivity index (χ1) is 9.48. The number of ether oxygens (including phenoxy) is 1. The number of rotatable bonds is 1. The van der Waals surface area contributed by atoms with Crippen LogP contribution < -0.4 is 5.69 Å². The molecule has 0 radical (unpaired) electrons. The fourth-order valence-corrected chi connectivity index (χ4v) is 2.69. The Bertz CT molecular complexity index is 681. The SMILES string of the molecule is O=c1[nH]c2c(C(F)(F)F)cccc2n1C1CCOCC1. The molecule has 1 aliphatic rings. The second-order valence-corrected chi connectivity index (χ2v) is 4.84. The number of nitrogens with one attached hydrogen (secondary N) is 1. The molecule has 7 heteroatoms. The molecule has 0 atom stereocenters. The van der Waals surface area contributed by atoms with Crippen LogP contribution in [0.3, 0.4) is 0 Å². The van der Waals surface area contributed by atoms with Crippen molar-refractivity contribution in [2.24, 2.45) is 0 Å². The number of benzene rings is 1. The van der Waals surface area contributed by atoms with E-state index in [4.69, 9.17) is 4.74 Å². The molecule has 108 valence electrons. The van der Waals surface area contributed by atoms with Crippen LogP contribution in [-0.4, -0.2) is 22.8 Å². The lowest BCUT2D eigenvalue weighted by molar-refractivity contribution is -0.136. The molecule has 0 unspecified atom stereocenters. The number of aromatic nitrogens is 2. The van der Waals surface area contributed by atoms with E-state index in [0.717, 1.165) is 6.07 Å². The van der Waals surface area contributed by atoms with Crippen LogP contribution in [0, 0.1) is 0 Å². The molecule has 0 bridgehead atoms. The van der Waals surface area contributed by atoms with E-state index in [-0.39, 0.29) is 11.6 Å². The summed E-state index contributed by atoms with van der Waals surface area (Å²) in [5.41, 5.74) is -1.14. The van der Waals surface area contributed by atoms with Crippen molar-refractivity contribution in [2.45, 2.75) is 25.1 Å². The molecular weight excluding hydrogens is 273 g/mol. The van der Waals surface area contributed by atoms with Crippen LogP contribution in [0.2, 0.25) is 0 Å². The molecule has 1 N–H and O–H groups in total. The zero-order valence-electron chi connectivity index (χ0n) is 10.5. The fraction of sp³-hybridized carbons (Fsp3) is 0.462. The molecule has 0 saturated carbocycles. The maximum Gasteiger partial charge on any atom is 0.418 e. The summed E-state index contributed by atoms with van der Waals surface area (Å²) in [6.07, 6.45) is -3.23. The highest BCUT2D eigenvalue weighted by Gasteiger charge is 2.34. The van der Waals surface area contributed by atoms with Crippen molar-refractivity contribution in [2.75, 3.05) is 13.2 Å². The van der Waals surface area contributed by atoms with Gasteiger partial charge in [0.1, 0.15) is 0 Å². The maximum atomic E-state index is 12.9. The Morgan fingerprint density at radius 1 is 1.25 bits per heavy atom. The van der Waals surface area contributed by atoms with Crippen molar-refractivity contribution in [3.63, 3.8) is 0 Å². The number of nitrogens with zero attached hydrogens (tertiary/aromatic N) is 1. The van der Waals surface area contributed by atoms with E-state index in [1.807, 2.05) is 0 Å². The van der Waals surface area contributed by atoms with Crippen LogP contribution in [0.1, 0.15) is 24.4 Å². The van der Waals surface area contributed by atoms with Crippen molar-refractivity contribution in [3.05, 3.63) is 34.2 Å². The standard InChI is InChI=1S/C13H13F3N2O2/c14-13(15,16)9-2-1-3-10-11(9)17-12(19)18(10)8-4-6-20-7-5-8/h1-3,8H,4-7H2,(H,17,19). The highest BCUT2D eigenvalue weighted by atomic mass is 19.4. The molecule has 0 aliphatic carbocycles. The minimum absolute atomic E-state index is 0.117. The number of aromatic amines is 1. The summed E-state index contributed by atoms with van der Waals surface area (Å²) in [6.45, 7) is 1.03. The van der Waals surface area contributed by atoms with E-state index in [0.29, 0.717) is 31.6 Å². The van der Waals surface area contributed by atoms with E-state index in [2.05, 4.69) is 4.98 Å². The average Bonchev–Trinajstić information content (AvgIpc) is 2.74. The number of hydrogen-bond acceptors (Lipinski definition) is 2. The lowest BCUT2D eigenvalue weighted by Crippen LogP contribution is -2.27. The van der Waals surface area contributed by atoms with Crippen LogP contribution in [0.15, 0.2) is 23.0 Å². The first kappa shape index (κ1) is 13.2. The Kier molecular flexibility index (Phi) is 3.08. The Hall–Kier alpha value is -1.76. The summed E-state index contributed by atoms with van der Waals surface area (Å²) in [5, 5.41) is 0. The van der Waals surface area contributed by atoms with Crippen molar-refractivity contribution in [3.8, 4) is 0 Å². The molecule has 0 spiro atoms. The molecule has 0 amide bonds. The van der Waals surface area contributed by atoms with Gasteiger partial charge in [0.2, 0.25) is 0 Å². The number of fused-ring (bicyclic) bond motifs is 1. The maximum absolute atomic E-state index is 12.9. The van der Waals surface area contributed by atoms with Gasteiger partial charge in [-0.1, -0.05) is 6.07 Å². The third-order valence-corrected chi connectivity index (χ3v) is 3.61. The van der Waals surface area contributed by atoms with Gasteiger partial charge in [-0.2, -0.15) is 13.2 Å². The number of H-pyrrole nitrogens is 1. The first-order valence-electron chi connectivity index (χ1n) is 6.36. The van der Waals surface area contributed by atoms with Crippen LogP contribution in [0.5, 0.6) is 0 Å². The predicted molar refractivity (Wildman–Crippen MR) is 66.7 cm³/mol. The van der Waals surface area contributed by atoms with Gasteiger partial charge in [0, 0.05) is 19.3 Å². The largest absolute Gasteiger partial charge is 0.418 e. The quantitative estimate of drug-likeness (QED) is 0.876. The van der Waals surface area contributed by atoms with Gasteiger partial charge in [0.05, 0.1) is 16.6 Å². The van der Waals surface area contributed by atoms with E-state index in [1.165, 1.54) is 16.7 Å². The number of para-hydroxylation sites is 1. The second kappa shape index (κ2) is 4.66. The van der Waals surface area contributed by atoms with Gasteiger partial charge in [0.15, 0.2) is 0 Å². The summed E-state index contributed by atoms with van der Waals surface area (Å²) in [7, 11) is 0. The number of alkyl halides is 3. The predicted octanol–water partition coefficient (Wildman–Crippen LogP) is 2.70. The molecule has 4 nitrogen and oxygen atoms in total. The van der Waals surface area contributed by atoms with Gasteiger partial charge in [-0.3, -0.25) is 4.57 Å². The topological polar surface area (TPSA) is 47.0 Å². The minimum Gasteiger partial charge on any atom is -0.381 e. The summed E-state index contributed by atoms with van der Waals surface area (Å²) in [4.78, 5) is 14.4. The Morgan fingerprint density at radius 2 is 1.95 bits per heavy atom. The van der Waals surface area contributed by atoms with Crippen LogP contribution in [0.25, 0.3) is 11.0 Å². The Balaban J connectivity index is 2.19. The van der Waals surface area contributed by atoms with Gasteiger partial charge in [-0.25, -0.2) is 4.79 Å². The van der Waals surface area contributed by atoms with Gasteiger partial charge in [-0.05, 0) is 25.0 Å². The first-order valence-corrected chi connectivity index (χ1v) is 6.36. The monoisotopic (exact) mass is 286 g/mol. The molecule has 1 aliphatic heterocycles. The van der Waals surface area contributed by atoms with Crippen LogP contribution in [-0.2, 0) is 10.9 Å². The molecule has 1 aromatic heterocycles. The molecular formula is C13H13F3N2O2. The molecule has 2 aromatic rings. The minimum atomic E-state index is -4.48. The Labute approximate surface area is 112 Å². The zero-order chi connectivity index (χ0) is 14.3. The van der Waals surface area contributed by atoms with Crippen molar-refractivity contribution < 1.29 is 17.9 Å². The van der Waals surface area contributed by atoms with Crippen molar-refractivity contribution >= 4 is 11.0 Å². The average molecular weight is 286 g/mol. The second-order valence-electron chi connectivity index (χ2n) is 4.84. The smallest absolute Gasteiger partial charge is 0.381 e. The lowest BCUT2D eigenvalue weighted by Gasteiger charge is -2.23. The van der Waals surface area contributed by atoms with E-state index in [9.17, 15) is 18.0 Å². The molecule has 20 heavy (non-hydrogen) atoms. The van der Waals surface area contributed by atoms with E-state index >= 15 is 0 Å². The number of hydrogen-bond donors (Lipinski definition) is 1. The van der Waals surface area contributed by atoms with Crippen LogP contribution >= 0.6 is 0 Å². The summed E-state index contributed by atoms with van der Waals surface area (Å²) in [5.74, 6) is 0. The van der Waals surface area contributed by atoms with E-state index in [1.54, 1.807) is 0 Å². The summed E-state index contributed by atoms with van der Waals surface area (Å²) >= 11 is 0. The van der Waals surface area contributed by atoms with Gasteiger partial charge in [0.25, 0.3) is 0 Å². The lowest BCUT2D eigenvalue weighted by atomic mass is 10.1. The molecule has 1 aromatic carbocycles. The highest BCUT2D eigenvalue weighted by molar-refractivity contribution is 5.79. The fourth-order valence-electron chi connectivity index (χ4n) is 2.69. The Morgan fingerprint density at radius 3 is 2.60 bits per heavy atom. The zero-order valence-corrected chi connectivity index (χ0v) is 10.5. The molecule has 2 heterocycles. The normalized spacial score (nSPS) is 17.8. The van der Waals surface area contributed by atoms with Crippen LogP contribution in [0.4, 0.5) is 13.2 Å². The van der Waals surface area contributed by atoms with Gasteiger partial charge in [-0.15, -0.1) is 0 Å². The van der Waals surface area contributed by atoms with Gasteiger partial charge >= 0.3 is 11.9 Å². The summed E-state index contributed by atoms with van der Waals surface area (Å²) < 4.78 is 45.5. The highest BCUT2D eigenvalue weighted by Crippen LogP contribution is 2.34. The molecule has 3 rings (SSSR count). The molecule has 1 fully saturated rings. The van der Waals surface area contributed by atoms with Gasteiger partial charge < -0.3 is 9.72 Å². The van der Waals surface area contributed by atoms with E-state index < -0.39 is 17.4 Å². The number of imidazole rings is 1. The third kappa shape index (κ3) is 2.11.